The van der Waals surface area contributed by atoms with Crippen LogP contribution >= 0.6 is 0 Å². The van der Waals surface area contributed by atoms with Crippen molar-refractivity contribution >= 4 is 27.9 Å². The van der Waals surface area contributed by atoms with Crippen molar-refractivity contribution in [2.75, 3.05) is 32.1 Å². The van der Waals surface area contributed by atoms with E-state index >= 15 is 0 Å². The van der Waals surface area contributed by atoms with Crippen LogP contribution in [-0.2, 0) is 0 Å². The minimum Gasteiger partial charge on any atom is -0.497 e. The Bertz CT molecular complexity index is 1750. The summed E-state index contributed by atoms with van der Waals surface area (Å²) in [7, 11) is 1.59. The minimum atomic E-state index is -0.435. The maximum absolute atomic E-state index is 11.3. The molecule has 1 fully saturated rings. The van der Waals surface area contributed by atoms with E-state index in [1.54, 1.807) is 25.3 Å². The molecule has 3 aromatic carbocycles. The van der Waals surface area contributed by atoms with Crippen LogP contribution in [0.5, 0.6) is 11.6 Å². The number of likely N-dealkylation sites (tertiary alicyclic amines) is 1. The van der Waals surface area contributed by atoms with Crippen LogP contribution in [0.1, 0.15) is 30.9 Å². The second kappa shape index (κ2) is 10.5. The molecule has 2 aliphatic heterocycles. The normalized spacial score (nSPS) is 16.8. The number of piperidine rings is 1. The molecule has 0 atom stereocenters. The lowest BCUT2D eigenvalue weighted by atomic mass is 9.96. The number of fused-ring (bicyclic) bond motifs is 2. The van der Waals surface area contributed by atoms with Gasteiger partial charge in [-0.1, -0.05) is 6.92 Å². The lowest BCUT2D eigenvalue weighted by Crippen LogP contribution is -2.38. The molecule has 0 saturated carbocycles. The van der Waals surface area contributed by atoms with Crippen molar-refractivity contribution in [3.63, 3.8) is 0 Å². The van der Waals surface area contributed by atoms with Crippen LogP contribution in [0.15, 0.2) is 76.5 Å². The van der Waals surface area contributed by atoms with Crippen molar-refractivity contribution < 1.29 is 14.8 Å². The number of methoxy groups -OCH3 is 1. The molecule has 40 heavy (non-hydrogen) atoms. The number of hydrogen-bond donors (Lipinski definition) is 3. The smallest absolute Gasteiger partial charge is 0.269 e. The van der Waals surface area contributed by atoms with Crippen LogP contribution in [0.3, 0.4) is 0 Å². The molecule has 0 bridgehead atoms. The number of benzene rings is 3. The Kier molecular flexibility index (Phi) is 6.69. The number of rotatable bonds is 7. The number of anilines is 1. The lowest BCUT2D eigenvalue weighted by Gasteiger charge is -2.32. The van der Waals surface area contributed by atoms with E-state index in [-0.39, 0.29) is 11.6 Å². The first-order valence-corrected chi connectivity index (χ1v) is 13.4. The highest BCUT2D eigenvalue weighted by atomic mass is 16.6. The van der Waals surface area contributed by atoms with Gasteiger partial charge in [-0.2, -0.15) is 0 Å². The Balaban J connectivity index is 1.48. The molecule has 10 heteroatoms. The number of nitro benzene ring substituents is 1. The van der Waals surface area contributed by atoms with Gasteiger partial charge in [0.05, 0.1) is 28.3 Å². The summed E-state index contributed by atoms with van der Waals surface area (Å²) in [6, 6.07) is 18.0. The molecule has 0 unspecified atom stereocenters. The van der Waals surface area contributed by atoms with Crippen molar-refractivity contribution in [3.05, 3.63) is 98.4 Å². The zero-order valence-corrected chi connectivity index (χ0v) is 22.3. The molecule has 1 saturated heterocycles. The Morgan fingerprint density at radius 3 is 2.55 bits per heavy atom. The molecule has 2 aliphatic rings. The highest BCUT2D eigenvalue weighted by molar-refractivity contribution is 6.01. The number of nitrogens with zero attached hydrogens (tertiary/aromatic N) is 4. The molecule has 6 rings (SSSR count). The summed E-state index contributed by atoms with van der Waals surface area (Å²) in [6.45, 7) is 5.39. The van der Waals surface area contributed by atoms with E-state index in [1.165, 1.54) is 12.1 Å². The van der Waals surface area contributed by atoms with Gasteiger partial charge in [-0.15, -0.1) is 0 Å². The zero-order valence-electron chi connectivity index (χ0n) is 22.3. The van der Waals surface area contributed by atoms with Gasteiger partial charge in [-0.3, -0.25) is 10.1 Å². The second-order valence-electron chi connectivity index (χ2n) is 10.0. The first kappa shape index (κ1) is 25.6. The number of nitro groups is 1. The predicted molar refractivity (Wildman–Crippen MR) is 153 cm³/mol. The Morgan fingerprint density at radius 2 is 1.85 bits per heavy atom. The molecule has 10 nitrogen and oxygen atoms in total. The van der Waals surface area contributed by atoms with E-state index in [1.807, 2.05) is 30.3 Å². The van der Waals surface area contributed by atoms with Crippen LogP contribution < -0.4 is 20.8 Å². The van der Waals surface area contributed by atoms with Crippen molar-refractivity contribution in [1.82, 2.24) is 9.88 Å². The molecule has 1 aromatic heterocycles. The first-order valence-electron chi connectivity index (χ1n) is 13.4. The molecule has 4 aromatic rings. The second-order valence-corrected chi connectivity index (χ2v) is 10.0. The summed E-state index contributed by atoms with van der Waals surface area (Å²) in [4.78, 5) is 26.0. The van der Waals surface area contributed by atoms with Gasteiger partial charge in [0, 0.05) is 59.5 Å². The fraction of sp³-hybridized carbons (Fsp3) is 0.267. The van der Waals surface area contributed by atoms with E-state index < -0.39 is 4.92 Å². The van der Waals surface area contributed by atoms with Crippen LogP contribution in [0.2, 0.25) is 0 Å². The van der Waals surface area contributed by atoms with Gasteiger partial charge in [-0.25, -0.2) is 9.98 Å². The number of nitrogens with one attached hydrogen (secondary N) is 2. The van der Waals surface area contributed by atoms with Crippen molar-refractivity contribution in [1.29, 1.82) is 0 Å². The van der Waals surface area contributed by atoms with Gasteiger partial charge in [-0.05, 0) is 67.4 Å². The SMILES string of the molecule is CCN1CCC(Nc2ccc3[nH]c(O)c(/C(=C4\N=c5ccc(OC)cc5=N4)c4ccc([N+](=O)[O-])cc4)c3c2)CC1. The maximum atomic E-state index is 11.3. The van der Waals surface area contributed by atoms with Gasteiger partial charge in [0.25, 0.3) is 5.69 Å². The van der Waals surface area contributed by atoms with E-state index in [2.05, 4.69) is 22.1 Å². The summed E-state index contributed by atoms with van der Waals surface area (Å²) in [5.74, 6) is 1.04. The summed E-state index contributed by atoms with van der Waals surface area (Å²) >= 11 is 0. The maximum Gasteiger partial charge on any atom is 0.269 e. The molecule has 0 spiro atoms. The quantitative estimate of drug-likeness (QED) is 0.237. The van der Waals surface area contributed by atoms with Crippen molar-refractivity contribution in [3.8, 4) is 11.6 Å². The van der Waals surface area contributed by atoms with Crippen molar-refractivity contribution in [2.24, 2.45) is 9.98 Å². The molecule has 3 heterocycles. The molecule has 3 N–H and O–H groups in total. The summed E-state index contributed by atoms with van der Waals surface area (Å²) in [5.41, 5.74) is 3.46. The number of H-pyrrole nitrogens is 1. The molecular weight excluding hydrogens is 508 g/mol. The highest BCUT2D eigenvalue weighted by Crippen LogP contribution is 2.40. The Morgan fingerprint density at radius 1 is 1.10 bits per heavy atom. The number of aromatic amines is 1. The zero-order chi connectivity index (χ0) is 27.8. The number of hydrogen-bond acceptors (Lipinski definition) is 8. The van der Waals surface area contributed by atoms with Crippen LogP contribution in [0, 0.1) is 10.1 Å². The van der Waals surface area contributed by atoms with Gasteiger partial charge in [0.2, 0.25) is 0 Å². The monoisotopic (exact) mass is 538 g/mol. The fourth-order valence-electron chi connectivity index (χ4n) is 5.46. The highest BCUT2D eigenvalue weighted by Gasteiger charge is 2.24. The average molecular weight is 539 g/mol. The summed E-state index contributed by atoms with van der Waals surface area (Å²) < 4.78 is 5.36. The van der Waals surface area contributed by atoms with Gasteiger partial charge in [0.1, 0.15) is 5.75 Å². The topological polar surface area (TPSA) is 128 Å². The number of aromatic hydroxyl groups is 1. The van der Waals surface area contributed by atoms with Gasteiger partial charge >= 0.3 is 0 Å². The third-order valence-corrected chi connectivity index (χ3v) is 7.66. The molecule has 0 aliphatic carbocycles. The first-order chi connectivity index (χ1) is 19.4. The number of aromatic nitrogens is 1. The van der Waals surface area contributed by atoms with Crippen LogP contribution in [-0.4, -0.2) is 52.7 Å². The van der Waals surface area contributed by atoms with Gasteiger partial charge in [0.15, 0.2) is 11.7 Å². The molecule has 204 valence electrons. The third kappa shape index (κ3) is 4.77. The average Bonchev–Trinajstić information content (AvgIpc) is 3.53. The van der Waals surface area contributed by atoms with Crippen LogP contribution in [0.4, 0.5) is 11.4 Å². The van der Waals surface area contributed by atoms with Crippen LogP contribution in [0.25, 0.3) is 16.5 Å². The van der Waals surface area contributed by atoms with Gasteiger partial charge < -0.3 is 25.0 Å². The lowest BCUT2D eigenvalue weighted by molar-refractivity contribution is -0.384. The molecule has 0 amide bonds. The predicted octanol–water partition coefficient (Wildman–Crippen LogP) is 4.36. The largest absolute Gasteiger partial charge is 0.497 e. The van der Waals surface area contributed by atoms with Crippen molar-refractivity contribution in [2.45, 2.75) is 25.8 Å². The third-order valence-electron chi connectivity index (χ3n) is 7.66. The van der Waals surface area contributed by atoms with E-state index in [0.717, 1.165) is 49.1 Å². The Labute approximate surface area is 230 Å². The van der Waals surface area contributed by atoms with E-state index in [0.29, 0.717) is 45.0 Å². The van der Waals surface area contributed by atoms with E-state index in [9.17, 15) is 15.2 Å². The number of ether oxygens (including phenoxy) is 1. The molecular formula is C30H30N6O4. The number of non-ortho nitro benzene ring substituents is 1. The molecule has 0 radical (unpaired) electrons. The fourth-order valence-corrected chi connectivity index (χ4v) is 5.46. The summed E-state index contributed by atoms with van der Waals surface area (Å²) in [6.07, 6.45) is 2.13. The minimum absolute atomic E-state index is 0.0230. The van der Waals surface area contributed by atoms with E-state index in [4.69, 9.17) is 14.7 Å². The summed E-state index contributed by atoms with van der Waals surface area (Å²) in [5, 5.41) is 28.3. The Hall–Kier alpha value is -4.70. The standard InChI is InChI=1S/C30H30N6O4/c1-3-35-14-12-19(13-15-35)31-20-6-10-24-23(16-20)28(30(37)34-24)27(18-4-7-21(8-5-18)36(38)39)29-32-25-11-9-22(40-2)17-26(25)33-29/h4-11,16-17,19,31,34,37H,3,12-15H2,1-2H3/b29-27+.